The predicted molar refractivity (Wildman–Crippen MR) is 79.2 cm³/mol. The number of ketones is 1. The molecule has 1 saturated heterocycles. The average Bonchev–Trinajstić information content (AvgIpc) is 2.80. The Hall–Kier alpha value is -1.35. The van der Waals surface area contributed by atoms with Gasteiger partial charge < -0.3 is 4.74 Å². The van der Waals surface area contributed by atoms with E-state index >= 15 is 0 Å². The van der Waals surface area contributed by atoms with Gasteiger partial charge in [-0.3, -0.25) is 9.69 Å². The highest BCUT2D eigenvalue weighted by molar-refractivity contribution is 5.81. The van der Waals surface area contributed by atoms with Gasteiger partial charge in [-0.25, -0.2) is 0 Å². The SMILES string of the molecule is CC(=O)C1CCCCN1CC1Cc2cc(C)ccc2O1. The van der Waals surface area contributed by atoms with Crippen LogP contribution in [0.1, 0.15) is 37.3 Å². The van der Waals surface area contributed by atoms with E-state index in [2.05, 4.69) is 30.0 Å². The van der Waals surface area contributed by atoms with Crippen molar-refractivity contribution in [2.24, 2.45) is 0 Å². The van der Waals surface area contributed by atoms with Crippen molar-refractivity contribution in [2.75, 3.05) is 13.1 Å². The maximum atomic E-state index is 11.8. The number of carbonyl (C=O) groups excluding carboxylic acids is 1. The second-order valence-electron chi connectivity index (χ2n) is 6.17. The van der Waals surface area contributed by atoms with Crippen LogP contribution in [0.4, 0.5) is 0 Å². The van der Waals surface area contributed by atoms with Gasteiger partial charge in [0.1, 0.15) is 17.6 Å². The number of hydrogen-bond acceptors (Lipinski definition) is 3. The number of ether oxygens (including phenoxy) is 1. The maximum absolute atomic E-state index is 11.8. The third kappa shape index (κ3) is 2.73. The topological polar surface area (TPSA) is 29.5 Å². The van der Waals surface area contributed by atoms with E-state index in [0.717, 1.165) is 31.7 Å². The van der Waals surface area contributed by atoms with E-state index in [-0.39, 0.29) is 12.1 Å². The Morgan fingerprint density at radius 3 is 3.05 bits per heavy atom. The first-order valence-corrected chi connectivity index (χ1v) is 7.64. The van der Waals surface area contributed by atoms with Crippen LogP contribution < -0.4 is 4.74 Å². The standard InChI is InChI=1S/C17H23NO2/c1-12-6-7-17-14(9-12)10-15(20-17)11-18-8-4-3-5-16(18)13(2)19/h6-7,9,15-16H,3-5,8,10-11H2,1-2H3. The van der Waals surface area contributed by atoms with E-state index in [1.165, 1.54) is 24.0 Å². The van der Waals surface area contributed by atoms with E-state index in [1.54, 1.807) is 6.92 Å². The average molecular weight is 273 g/mol. The van der Waals surface area contributed by atoms with Gasteiger partial charge in [0.2, 0.25) is 0 Å². The second kappa shape index (κ2) is 5.57. The largest absolute Gasteiger partial charge is 0.488 e. The lowest BCUT2D eigenvalue weighted by Crippen LogP contribution is -2.47. The van der Waals surface area contributed by atoms with Gasteiger partial charge in [-0.05, 0) is 44.9 Å². The number of Topliss-reactive ketones (excluding diaryl/α,β-unsaturated/α-hetero) is 1. The van der Waals surface area contributed by atoms with Crippen LogP contribution in [0.5, 0.6) is 5.75 Å². The highest BCUT2D eigenvalue weighted by Gasteiger charge is 2.31. The zero-order valence-corrected chi connectivity index (χ0v) is 12.4. The van der Waals surface area contributed by atoms with Crippen molar-refractivity contribution in [2.45, 2.75) is 51.7 Å². The molecule has 2 unspecified atom stereocenters. The molecule has 3 heteroatoms. The fourth-order valence-corrected chi connectivity index (χ4v) is 3.48. The number of fused-ring (bicyclic) bond motifs is 1. The summed E-state index contributed by atoms with van der Waals surface area (Å²) in [5.41, 5.74) is 2.60. The number of benzene rings is 1. The molecule has 0 bridgehead atoms. The molecule has 1 aromatic carbocycles. The van der Waals surface area contributed by atoms with Crippen LogP contribution >= 0.6 is 0 Å². The first-order chi connectivity index (χ1) is 9.63. The van der Waals surface area contributed by atoms with Gasteiger partial charge in [0.25, 0.3) is 0 Å². The third-order valence-corrected chi connectivity index (χ3v) is 4.48. The van der Waals surface area contributed by atoms with Crippen molar-refractivity contribution in [3.8, 4) is 5.75 Å². The van der Waals surface area contributed by atoms with Gasteiger partial charge in [-0.15, -0.1) is 0 Å². The maximum Gasteiger partial charge on any atom is 0.146 e. The van der Waals surface area contributed by atoms with Crippen molar-refractivity contribution in [3.63, 3.8) is 0 Å². The van der Waals surface area contributed by atoms with Crippen LogP contribution in [-0.2, 0) is 11.2 Å². The van der Waals surface area contributed by atoms with Gasteiger partial charge in [0.15, 0.2) is 0 Å². The molecule has 0 radical (unpaired) electrons. The van der Waals surface area contributed by atoms with Crippen LogP contribution in [-0.4, -0.2) is 35.9 Å². The second-order valence-corrected chi connectivity index (χ2v) is 6.17. The molecule has 1 aromatic rings. The zero-order chi connectivity index (χ0) is 14.1. The summed E-state index contributed by atoms with van der Waals surface area (Å²) >= 11 is 0. The molecular formula is C17H23NO2. The normalized spacial score (nSPS) is 26.1. The third-order valence-electron chi connectivity index (χ3n) is 4.48. The van der Waals surface area contributed by atoms with Crippen LogP contribution in [0.25, 0.3) is 0 Å². The van der Waals surface area contributed by atoms with Gasteiger partial charge in [0.05, 0.1) is 6.04 Å². The Bertz CT molecular complexity index is 512. The Labute approximate surface area is 120 Å². The minimum Gasteiger partial charge on any atom is -0.488 e. The van der Waals surface area contributed by atoms with Crippen LogP contribution in [0.15, 0.2) is 18.2 Å². The Morgan fingerprint density at radius 2 is 2.25 bits per heavy atom. The van der Waals surface area contributed by atoms with E-state index in [1.807, 2.05) is 0 Å². The summed E-state index contributed by atoms with van der Waals surface area (Å²) < 4.78 is 6.04. The van der Waals surface area contributed by atoms with Crippen LogP contribution in [0.3, 0.4) is 0 Å². The van der Waals surface area contributed by atoms with E-state index in [4.69, 9.17) is 4.74 Å². The molecule has 0 aromatic heterocycles. The van der Waals surface area contributed by atoms with Gasteiger partial charge in [-0.2, -0.15) is 0 Å². The summed E-state index contributed by atoms with van der Waals surface area (Å²) in [7, 11) is 0. The quantitative estimate of drug-likeness (QED) is 0.848. The number of nitrogens with zero attached hydrogens (tertiary/aromatic N) is 1. The number of aryl methyl sites for hydroxylation is 1. The Balaban J connectivity index is 1.66. The van der Waals surface area contributed by atoms with Crippen molar-refractivity contribution in [1.29, 1.82) is 0 Å². The number of rotatable bonds is 3. The molecule has 2 aliphatic heterocycles. The lowest BCUT2D eigenvalue weighted by atomic mass is 9.98. The molecule has 2 heterocycles. The number of carbonyl (C=O) groups is 1. The molecule has 3 nitrogen and oxygen atoms in total. The van der Waals surface area contributed by atoms with Crippen molar-refractivity contribution >= 4 is 5.78 Å². The van der Waals surface area contributed by atoms with Gasteiger partial charge >= 0.3 is 0 Å². The molecule has 0 aliphatic carbocycles. The number of likely N-dealkylation sites (tertiary alicyclic amines) is 1. The molecule has 108 valence electrons. The van der Waals surface area contributed by atoms with Crippen molar-refractivity contribution < 1.29 is 9.53 Å². The van der Waals surface area contributed by atoms with Crippen LogP contribution in [0.2, 0.25) is 0 Å². The Morgan fingerprint density at radius 1 is 1.40 bits per heavy atom. The summed E-state index contributed by atoms with van der Waals surface area (Å²) in [4.78, 5) is 14.1. The van der Waals surface area contributed by atoms with E-state index in [9.17, 15) is 4.79 Å². The molecule has 0 N–H and O–H groups in total. The van der Waals surface area contributed by atoms with E-state index in [0.29, 0.717) is 5.78 Å². The summed E-state index contributed by atoms with van der Waals surface area (Å²) in [5, 5.41) is 0. The molecule has 0 amide bonds. The molecule has 0 saturated carbocycles. The molecule has 2 atom stereocenters. The Kier molecular flexibility index (Phi) is 3.79. The highest BCUT2D eigenvalue weighted by atomic mass is 16.5. The first kappa shape index (κ1) is 13.6. The van der Waals surface area contributed by atoms with E-state index < -0.39 is 0 Å². The smallest absolute Gasteiger partial charge is 0.146 e. The number of piperidine rings is 1. The summed E-state index contributed by atoms with van der Waals surface area (Å²) in [6.07, 6.45) is 4.55. The fraction of sp³-hybridized carbons (Fsp3) is 0.588. The highest BCUT2D eigenvalue weighted by Crippen LogP contribution is 2.30. The fourth-order valence-electron chi connectivity index (χ4n) is 3.48. The van der Waals surface area contributed by atoms with Crippen LogP contribution in [0, 0.1) is 6.92 Å². The lowest BCUT2D eigenvalue weighted by Gasteiger charge is -2.35. The minimum atomic E-state index is 0.109. The summed E-state index contributed by atoms with van der Waals surface area (Å²) in [6.45, 7) is 5.73. The van der Waals surface area contributed by atoms with Gasteiger partial charge in [0, 0.05) is 13.0 Å². The number of hydrogen-bond donors (Lipinski definition) is 0. The molecule has 0 spiro atoms. The minimum absolute atomic E-state index is 0.109. The summed E-state index contributed by atoms with van der Waals surface area (Å²) in [5.74, 6) is 1.33. The predicted octanol–water partition coefficient (Wildman–Crippen LogP) is 2.74. The van der Waals surface area contributed by atoms with Gasteiger partial charge in [-0.1, -0.05) is 24.1 Å². The van der Waals surface area contributed by atoms with Crippen molar-refractivity contribution in [1.82, 2.24) is 4.90 Å². The monoisotopic (exact) mass is 273 g/mol. The zero-order valence-electron chi connectivity index (χ0n) is 12.4. The molecule has 20 heavy (non-hydrogen) atoms. The molecule has 2 aliphatic rings. The molecule has 1 fully saturated rings. The van der Waals surface area contributed by atoms with Crippen molar-refractivity contribution in [3.05, 3.63) is 29.3 Å². The summed E-state index contributed by atoms with van der Waals surface area (Å²) in [6, 6.07) is 6.50. The molecular weight excluding hydrogens is 250 g/mol. The first-order valence-electron chi connectivity index (χ1n) is 7.64. The molecule has 3 rings (SSSR count). The lowest BCUT2D eigenvalue weighted by molar-refractivity contribution is -0.123.